The SMILES string of the molecule is CC/C=C\C=C(/C)Cc1ccccc1C. The lowest BCUT2D eigenvalue weighted by Crippen LogP contribution is -1.89. The molecule has 0 nitrogen and oxygen atoms in total. The summed E-state index contributed by atoms with van der Waals surface area (Å²) in [5, 5.41) is 0. The second-order valence-corrected chi connectivity index (χ2v) is 3.95. The monoisotopic (exact) mass is 200 g/mol. The summed E-state index contributed by atoms with van der Waals surface area (Å²) in [6.45, 7) is 6.51. The molecule has 0 unspecified atom stereocenters. The Labute approximate surface area is 93.3 Å². The first kappa shape index (κ1) is 11.8. The highest BCUT2D eigenvalue weighted by atomic mass is 14.0. The summed E-state index contributed by atoms with van der Waals surface area (Å²) in [5.41, 5.74) is 4.22. The summed E-state index contributed by atoms with van der Waals surface area (Å²) >= 11 is 0. The van der Waals surface area contributed by atoms with E-state index in [-0.39, 0.29) is 0 Å². The Morgan fingerprint density at radius 3 is 2.67 bits per heavy atom. The maximum absolute atomic E-state index is 2.20. The average Bonchev–Trinajstić information content (AvgIpc) is 2.22. The molecule has 0 aliphatic heterocycles. The Balaban J connectivity index is 2.66. The van der Waals surface area contributed by atoms with Gasteiger partial charge in [-0.25, -0.2) is 0 Å². The van der Waals surface area contributed by atoms with E-state index < -0.39 is 0 Å². The molecule has 0 aliphatic carbocycles. The van der Waals surface area contributed by atoms with Crippen molar-refractivity contribution in [1.29, 1.82) is 0 Å². The van der Waals surface area contributed by atoms with E-state index in [4.69, 9.17) is 0 Å². The number of allylic oxidation sites excluding steroid dienone is 4. The predicted octanol–water partition coefficient (Wildman–Crippen LogP) is 4.45. The summed E-state index contributed by atoms with van der Waals surface area (Å²) in [4.78, 5) is 0. The molecule has 0 N–H and O–H groups in total. The van der Waals surface area contributed by atoms with Crippen LogP contribution >= 0.6 is 0 Å². The Hall–Kier alpha value is -1.30. The highest BCUT2D eigenvalue weighted by Crippen LogP contribution is 2.12. The molecule has 0 saturated carbocycles. The lowest BCUT2D eigenvalue weighted by Gasteiger charge is -2.04. The van der Waals surface area contributed by atoms with Gasteiger partial charge in [0.25, 0.3) is 0 Å². The van der Waals surface area contributed by atoms with E-state index in [0.29, 0.717) is 0 Å². The van der Waals surface area contributed by atoms with Gasteiger partial charge in [-0.15, -0.1) is 0 Å². The smallest absolute Gasteiger partial charge is 0.00641 e. The summed E-state index contributed by atoms with van der Waals surface area (Å²) < 4.78 is 0. The summed E-state index contributed by atoms with van der Waals surface area (Å²) in [6.07, 6.45) is 8.69. The summed E-state index contributed by atoms with van der Waals surface area (Å²) in [5.74, 6) is 0. The van der Waals surface area contributed by atoms with Gasteiger partial charge in [-0.1, -0.05) is 55.0 Å². The molecule has 1 rings (SSSR count). The van der Waals surface area contributed by atoms with Crippen molar-refractivity contribution in [3.63, 3.8) is 0 Å². The second kappa shape index (κ2) is 6.23. The van der Waals surface area contributed by atoms with Gasteiger partial charge >= 0.3 is 0 Å². The maximum atomic E-state index is 2.20. The maximum Gasteiger partial charge on any atom is -0.00641 e. The lowest BCUT2D eigenvalue weighted by atomic mass is 10.0. The molecule has 1 aromatic rings. The van der Waals surface area contributed by atoms with Crippen molar-refractivity contribution in [2.75, 3.05) is 0 Å². The van der Waals surface area contributed by atoms with E-state index in [9.17, 15) is 0 Å². The molecule has 15 heavy (non-hydrogen) atoms. The van der Waals surface area contributed by atoms with Gasteiger partial charge in [-0.2, -0.15) is 0 Å². The van der Waals surface area contributed by atoms with E-state index >= 15 is 0 Å². The van der Waals surface area contributed by atoms with Gasteiger partial charge in [0.2, 0.25) is 0 Å². The Bertz CT molecular complexity index is 356. The fourth-order valence-corrected chi connectivity index (χ4v) is 1.54. The van der Waals surface area contributed by atoms with Crippen LogP contribution in [0.2, 0.25) is 0 Å². The van der Waals surface area contributed by atoms with E-state index in [1.165, 1.54) is 16.7 Å². The predicted molar refractivity (Wildman–Crippen MR) is 68.1 cm³/mol. The zero-order valence-electron chi connectivity index (χ0n) is 9.96. The number of benzene rings is 1. The standard InChI is InChI=1S/C15H20/c1-4-5-6-9-13(2)12-15-11-8-7-10-14(15)3/h5-11H,4,12H2,1-3H3/b6-5-,13-9+. The van der Waals surface area contributed by atoms with Crippen molar-refractivity contribution in [2.24, 2.45) is 0 Å². The van der Waals surface area contributed by atoms with Gasteiger partial charge < -0.3 is 0 Å². The first-order valence-corrected chi connectivity index (χ1v) is 5.61. The molecule has 80 valence electrons. The van der Waals surface area contributed by atoms with Crippen LogP contribution in [0, 0.1) is 6.92 Å². The minimum Gasteiger partial charge on any atom is -0.0848 e. The molecule has 0 spiro atoms. The zero-order chi connectivity index (χ0) is 11.1. The highest BCUT2D eigenvalue weighted by Gasteiger charge is 1.96. The van der Waals surface area contributed by atoms with E-state index in [0.717, 1.165) is 12.8 Å². The number of hydrogen-bond donors (Lipinski definition) is 0. The molecule has 0 heteroatoms. The van der Waals surface area contributed by atoms with Gasteiger partial charge in [0, 0.05) is 0 Å². The van der Waals surface area contributed by atoms with Crippen molar-refractivity contribution >= 4 is 0 Å². The third-order valence-electron chi connectivity index (χ3n) is 2.48. The minimum absolute atomic E-state index is 1.06. The minimum atomic E-state index is 1.06. The van der Waals surface area contributed by atoms with Crippen LogP contribution in [0.25, 0.3) is 0 Å². The van der Waals surface area contributed by atoms with E-state index in [1.807, 2.05) is 0 Å². The largest absolute Gasteiger partial charge is 0.0848 e. The zero-order valence-corrected chi connectivity index (χ0v) is 9.96. The van der Waals surface area contributed by atoms with Gasteiger partial charge in [0.15, 0.2) is 0 Å². The van der Waals surface area contributed by atoms with Crippen LogP contribution in [0.15, 0.2) is 48.1 Å². The summed E-state index contributed by atoms with van der Waals surface area (Å²) in [7, 11) is 0. The van der Waals surface area contributed by atoms with Crippen molar-refractivity contribution in [3.8, 4) is 0 Å². The van der Waals surface area contributed by atoms with Gasteiger partial charge in [-0.3, -0.25) is 0 Å². The Kier molecular flexibility index (Phi) is 4.89. The van der Waals surface area contributed by atoms with Crippen LogP contribution in [0.5, 0.6) is 0 Å². The van der Waals surface area contributed by atoms with Crippen LogP contribution in [0.3, 0.4) is 0 Å². The lowest BCUT2D eigenvalue weighted by molar-refractivity contribution is 1.11. The normalized spacial score (nSPS) is 12.3. The molecule has 0 aliphatic rings. The first-order valence-electron chi connectivity index (χ1n) is 5.61. The van der Waals surface area contributed by atoms with Crippen LogP contribution in [0.4, 0.5) is 0 Å². The number of rotatable bonds is 4. The third kappa shape index (κ3) is 4.16. The van der Waals surface area contributed by atoms with Crippen LogP contribution < -0.4 is 0 Å². The molecule has 0 fully saturated rings. The van der Waals surface area contributed by atoms with Gasteiger partial charge in [0.1, 0.15) is 0 Å². The van der Waals surface area contributed by atoms with E-state index in [1.54, 1.807) is 0 Å². The van der Waals surface area contributed by atoms with Crippen LogP contribution in [0.1, 0.15) is 31.4 Å². The van der Waals surface area contributed by atoms with Crippen molar-refractivity contribution in [1.82, 2.24) is 0 Å². The van der Waals surface area contributed by atoms with Crippen LogP contribution in [-0.4, -0.2) is 0 Å². The van der Waals surface area contributed by atoms with Gasteiger partial charge in [0.05, 0.1) is 0 Å². The average molecular weight is 200 g/mol. The molecule has 0 atom stereocenters. The molecule has 0 saturated heterocycles. The van der Waals surface area contributed by atoms with Crippen molar-refractivity contribution < 1.29 is 0 Å². The molecule has 1 aromatic carbocycles. The Morgan fingerprint density at radius 1 is 1.27 bits per heavy atom. The van der Waals surface area contributed by atoms with Gasteiger partial charge in [-0.05, 0) is 37.8 Å². The molecular formula is C15H20. The highest BCUT2D eigenvalue weighted by molar-refractivity contribution is 5.30. The molecule has 0 bridgehead atoms. The van der Waals surface area contributed by atoms with E-state index in [2.05, 4.69) is 63.3 Å². The fourth-order valence-electron chi connectivity index (χ4n) is 1.54. The van der Waals surface area contributed by atoms with Crippen LogP contribution in [-0.2, 0) is 6.42 Å². The summed E-state index contributed by atoms with van der Waals surface area (Å²) in [6, 6.07) is 8.58. The molecule has 0 heterocycles. The number of hydrogen-bond acceptors (Lipinski definition) is 0. The topological polar surface area (TPSA) is 0 Å². The van der Waals surface area contributed by atoms with Crippen molar-refractivity contribution in [2.45, 2.75) is 33.6 Å². The first-order chi connectivity index (χ1) is 7.24. The quantitative estimate of drug-likeness (QED) is 0.630. The molecule has 0 radical (unpaired) electrons. The van der Waals surface area contributed by atoms with Crippen molar-refractivity contribution in [3.05, 3.63) is 59.2 Å². The number of aryl methyl sites for hydroxylation is 1. The Morgan fingerprint density at radius 2 is 2.00 bits per heavy atom. The molecule has 0 aromatic heterocycles. The molecule has 0 amide bonds. The molecular weight excluding hydrogens is 180 g/mol. The third-order valence-corrected chi connectivity index (χ3v) is 2.48. The fraction of sp³-hybridized carbons (Fsp3) is 0.333. The second-order valence-electron chi connectivity index (χ2n) is 3.95.